The molecule has 1 aliphatic rings. The minimum atomic E-state index is 0.425. The molecule has 0 amide bonds. The fourth-order valence-electron chi connectivity index (χ4n) is 2.30. The number of thioether (sulfide) groups is 1. The first-order valence-corrected chi connectivity index (χ1v) is 7.65. The molecule has 1 aromatic heterocycles. The van der Waals surface area contributed by atoms with Crippen molar-refractivity contribution in [1.82, 2.24) is 15.0 Å². The summed E-state index contributed by atoms with van der Waals surface area (Å²) in [6.45, 7) is 6.74. The number of aromatic nitrogens is 2. The van der Waals surface area contributed by atoms with Crippen LogP contribution in [0.15, 0.2) is 4.52 Å². The second-order valence-corrected chi connectivity index (χ2v) is 5.78. The zero-order valence-corrected chi connectivity index (χ0v) is 11.7. The van der Waals surface area contributed by atoms with E-state index in [0.717, 1.165) is 24.0 Å². The molecule has 1 saturated heterocycles. The highest BCUT2D eigenvalue weighted by atomic mass is 32.2. The van der Waals surface area contributed by atoms with Crippen LogP contribution in [-0.2, 0) is 5.75 Å². The molecule has 4 nitrogen and oxygen atoms in total. The second kappa shape index (κ2) is 5.87. The lowest BCUT2D eigenvalue weighted by Gasteiger charge is -2.33. The molecule has 1 aliphatic heterocycles. The van der Waals surface area contributed by atoms with Crippen molar-refractivity contribution in [3.63, 3.8) is 0 Å². The molecular weight excluding hydrogens is 234 g/mol. The molecule has 1 aromatic rings. The molecule has 0 radical (unpaired) electrons. The summed E-state index contributed by atoms with van der Waals surface area (Å²) in [5, 5.41) is 4.03. The van der Waals surface area contributed by atoms with Gasteiger partial charge in [-0.05, 0) is 39.5 Å². The zero-order valence-electron chi connectivity index (χ0n) is 10.8. The Morgan fingerprint density at radius 2 is 2.35 bits per heavy atom. The molecule has 0 unspecified atom stereocenters. The molecule has 0 bridgehead atoms. The first-order valence-electron chi connectivity index (χ1n) is 6.26. The average molecular weight is 255 g/mol. The van der Waals surface area contributed by atoms with E-state index in [4.69, 9.17) is 4.52 Å². The summed E-state index contributed by atoms with van der Waals surface area (Å²) >= 11 is 1.72. The molecule has 0 aliphatic carbocycles. The van der Waals surface area contributed by atoms with Crippen LogP contribution in [0, 0.1) is 0 Å². The maximum Gasteiger partial charge on any atom is 0.231 e. The van der Waals surface area contributed by atoms with E-state index in [0.29, 0.717) is 12.0 Å². The van der Waals surface area contributed by atoms with Crippen molar-refractivity contribution in [2.45, 2.75) is 44.4 Å². The topological polar surface area (TPSA) is 42.2 Å². The molecule has 2 heterocycles. The largest absolute Gasteiger partial charge is 0.339 e. The third kappa shape index (κ3) is 3.22. The monoisotopic (exact) mass is 255 g/mol. The second-order valence-electron chi connectivity index (χ2n) is 4.91. The van der Waals surface area contributed by atoms with Gasteiger partial charge in [-0.3, -0.25) is 0 Å². The van der Waals surface area contributed by atoms with E-state index < -0.39 is 0 Å². The molecule has 0 spiro atoms. The SMILES string of the molecule is CSCc1noc([C@H]2CCCN(C(C)C)C2)n1. The smallest absolute Gasteiger partial charge is 0.231 e. The van der Waals surface area contributed by atoms with Crippen LogP contribution >= 0.6 is 11.8 Å². The molecule has 0 N–H and O–H groups in total. The van der Waals surface area contributed by atoms with Gasteiger partial charge < -0.3 is 9.42 Å². The lowest BCUT2D eigenvalue weighted by Crippen LogP contribution is -2.39. The Labute approximate surface area is 107 Å². The van der Waals surface area contributed by atoms with Gasteiger partial charge in [0.2, 0.25) is 5.89 Å². The number of rotatable bonds is 4. The first kappa shape index (κ1) is 12.9. The fraction of sp³-hybridized carbons (Fsp3) is 0.833. The third-order valence-electron chi connectivity index (χ3n) is 3.29. The Hall–Kier alpha value is -0.550. The quantitative estimate of drug-likeness (QED) is 0.827. The summed E-state index contributed by atoms with van der Waals surface area (Å²) in [5.74, 6) is 2.92. The van der Waals surface area contributed by atoms with E-state index in [2.05, 4.69) is 35.1 Å². The van der Waals surface area contributed by atoms with Gasteiger partial charge in [0.25, 0.3) is 0 Å². The van der Waals surface area contributed by atoms with Gasteiger partial charge in [0.1, 0.15) is 0 Å². The van der Waals surface area contributed by atoms with Gasteiger partial charge in [-0.1, -0.05) is 5.16 Å². The van der Waals surface area contributed by atoms with Crippen molar-refractivity contribution in [2.75, 3.05) is 19.3 Å². The Balaban J connectivity index is 2.00. The van der Waals surface area contributed by atoms with Crippen LogP contribution in [0.5, 0.6) is 0 Å². The fourth-order valence-corrected chi connectivity index (χ4v) is 2.67. The lowest BCUT2D eigenvalue weighted by atomic mass is 9.97. The number of nitrogens with zero attached hydrogens (tertiary/aromatic N) is 3. The minimum Gasteiger partial charge on any atom is -0.339 e. The van der Waals surface area contributed by atoms with Crippen LogP contribution in [0.25, 0.3) is 0 Å². The number of likely N-dealkylation sites (tertiary alicyclic amines) is 1. The van der Waals surface area contributed by atoms with Crippen LogP contribution in [0.4, 0.5) is 0 Å². The average Bonchev–Trinajstić information content (AvgIpc) is 2.78. The molecule has 5 heteroatoms. The van der Waals surface area contributed by atoms with Crippen molar-refractivity contribution >= 4 is 11.8 Å². The van der Waals surface area contributed by atoms with Gasteiger partial charge in [-0.2, -0.15) is 16.7 Å². The maximum absolute atomic E-state index is 5.38. The van der Waals surface area contributed by atoms with E-state index >= 15 is 0 Å². The van der Waals surface area contributed by atoms with Crippen molar-refractivity contribution in [1.29, 1.82) is 0 Å². The summed E-state index contributed by atoms with van der Waals surface area (Å²) < 4.78 is 5.38. The van der Waals surface area contributed by atoms with Gasteiger partial charge >= 0.3 is 0 Å². The van der Waals surface area contributed by atoms with E-state index in [1.54, 1.807) is 11.8 Å². The van der Waals surface area contributed by atoms with Gasteiger partial charge in [0.15, 0.2) is 5.82 Å². The maximum atomic E-state index is 5.38. The molecule has 1 fully saturated rings. The van der Waals surface area contributed by atoms with Crippen molar-refractivity contribution in [3.8, 4) is 0 Å². The van der Waals surface area contributed by atoms with Gasteiger partial charge in [-0.25, -0.2) is 0 Å². The van der Waals surface area contributed by atoms with Crippen LogP contribution < -0.4 is 0 Å². The molecule has 2 rings (SSSR count). The highest BCUT2D eigenvalue weighted by Gasteiger charge is 2.26. The highest BCUT2D eigenvalue weighted by molar-refractivity contribution is 7.97. The van der Waals surface area contributed by atoms with Crippen LogP contribution in [0.3, 0.4) is 0 Å². The Bertz CT molecular complexity index is 353. The van der Waals surface area contributed by atoms with Crippen molar-refractivity contribution in [3.05, 3.63) is 11.7 Å². The number of piperidine rings is 1. The van der Waals surface area contributed by atoms with E-state index in [1.807, 2.05) is 0 Å². The zero-order chi connectivity index (χ0) is 12.3. The summed E-state index contributed by atoms with van der Waals surface area (Å²) in [6.07, 6.45) is 4.45. The van der Waals surface area contributed by atoms with Crippen LogP contribution in [0.1, 0.15) is 44.3 Å². The van der Waals surface area contributed by atoms with Crippen molar-refractivity contribution in [2.24, 2.45) is 0 Å². The van der Waals surface area contributed by atoms with E-state index in [9.17, 15) is 0 Å². The highest BCUT2D eigenvalue weighted by Crippen LogP contribution is 2.26. The van der Waals surface area contributed by atoms with E-state index in [1.165, 1.54) is 19.4 Å². The van der Waals surface area contributed by atoms with Gasteiger partial charge in [-0.15, -0.1) is 0 Å². The van der Waals surface area contributed by atoms with Crippen molar-refractivity contribution < 1.29 is 4.52 Å². The number of hydrogen-bond donors (Lipinski definition) is 0. The Kier molecular flexibility index (Phi) is 4.45. The van der Waals surface area contributed by atoms with E-state index in [-0.39, 0.29) is 0 Å². The summed E-state index contributed by atoms with van der Waals surface area (Å²) in [4.78, 5) is 6.98. The predicted octanol–water partition coefficient (Wildman–Crippen LogP) is 2.52. The molecule has 0 saturated carbocycles. The molecule has 1 atom stereocenters. The van der Waals surface area contributed by atoms with Crippen LogP contribution in [-0.4, -0.2) is 40.4 Å². The Morgan fingerprint density at radius 3 is 3.06 bits per heavy atom. The summed E-state index contributed by atoms with van der Waals surface area (Å²) in [5.41, 5.74) is 0. The molecule has 96 valence electrons. The normalized spacial score (nSPS) is 22.2. The van der Waals surface area contributed by atoms with Gasteiger partial charge in [0.05, 0.1) is 11.7 Å². The summed E-state index contributed by atoms with van der Waals surface area (Å²) in [7, 11) is 0. The summed E-state index contributed by atoms with van der Waals surface area (Å²) in [6, 6.07) is 0.603. The van der Waals surface area contributed by atoms with Crippen LogP contribution in [0.2, 0.25) is 0 Å². The number of hydrogen-bond acceptors (Lipinski definition) is 5. The standard InChI is InChI=1S/C12H21N3OS/c1-9(2)15-6-4-5-10(7-15)12-13-11(8-17-3)14-16-12/h9-10H,4-8H2,1-3H3/t10-/m0/s1. The first-order chi connectivity index (χ1) is 8.20. The Morgan fingerprint density at radius 1 is 1.53 bits per heavy atom. The third-order valence-corrected chi connectivity index (χ3v) is 3.84. The molecule has 0 aromatic carbocycles. The molecular formula is C12H21N3OS. The lowest BCUT2D eigenvalue weighted by molar-refractivity contribution is 0.153. The minimum absolute atomic E-state index is 0.425. The van der Waals surface area contributed by atoms with Gasteiger partial charge in [0, 0.05) is 12.6 Å². The predicted molar refractivity (Wildman–Crippen MR) is 70.2 cm³/mol. The molecule has 17 heavy (non-hydrogen) atoms.